The lowest BCUT2D eigenvalue weighted by molar-refractivity contribution is 0.875. The Bertz CT molecular complexity index is 3000. The summed E-state index contributed by atoms with van der Waals surface area (Å²) >= 11 is 0. The van der Waals surface area contributed by atoms with E-state index in [1.807, 2.05) is 0 Å². The minimum atomic E-state index is 1.01. The van der Waals surface area contributed by atoms with Crippen molar-refractivity contribution in [3.63, 3.8) is 0 Å². The molecule has 0 bridgehead atoms. The van der Waals surface area contributed by atoms with Crippen molar-refractivity contribution in [1.29, 1.82) is 0 Å². The third kappa shape index (κ3) is 6.44. The van der Waals surface area contributed by atoms with Crippen LogP contribution in [0.5, 0.6) is 0 Å². The fourth-order valence-corrected chi connectivity index (χ4v) is 10.1. The van der Waals surface area contributed by atoms with Gasteiger partial charge in [0.05, 0.1) is 0 Å². The van der Waals surface area contributed by atoms with Gasteiger partial charge in [0.1, 0.15) is 0 Å². The normalized spacial score (nSPS) is 12.6. The highest BCUT2D eigenvalue weighted by atomic mass is 15.1. The number of hydrogen-bond acceptors (Lipinski definition) is 2. The van der Waals surface area contributed by atoms with Gasteiger partial charge in [-0.25, -0.2) is 0 Å². The smallest absolute Gasteiger partial charge is 0.0468 e. The highest BCUT2D eigenvalue weighted by Gasteiger charge is 2.29. The predicted octanol–water partition coefficient (Wildman–Crippen LogP) is 16.1. The Morgan fingerprint density at radius 3 is 0.903 bits per heavy atom. The van der Waals surface area contributed by atoms with E-state index < -0.39 is 0 Å². The van der Waals surface area contributed by atoms with Crippen LogP contribution in [-0.4, -0.2) is 0 Å². The van der Waals surface area contributed by atoms with Crippen LogP contribution in [0.2, 0.25) is 0 Å². The number of anilines is 6. The summed E-state index contributed by atoms with van der Waals surface area (Å²) in [6.07, 6.45) is 4.03. The molecular formula is C60H44N2. The average molecular weight is 793 g/mol. The second-order valence-corrected chi connectivity index (χ2v) is 16.8. The summed E-state index contributed by atoms with van der Waals surface area (Å²) in [5.74, 6) is 0. The van der Waals surface area contributed by atoms with Crippen LogP contribution in [0.25, 0.3) is 54.9 Å². The quantitative estimate of drug-likeness (QED) is 0.151. The zero-order valence-corrected chi connectivity index (χ0v) is 34.5. The lowest BCUT2D eigenvalue weighted by Crippen LogP contribution is -2.18. The van der Waals surface area contributed by atoms with Crippen LogP contribution < -0.4 is 9.80 Å². The van der Waals surface area contributed by atoms with E-state index in [4.69, 9.17) is 0 Å². The Labute approximate surface area is 363 Å². The van der Waals surface area contributed by atoms with Crippen molar-refractivity contribution >= 4 is 55.7 Å². The van der Waals surface area contributed by atoms with Crippen LogP contribution in [-0.2, 0) is 25.7 Å². The minimum Gasteiger partial charge on any atom is -0.310 e. The second-order valence-electron chi connectivity index (χ2n) is 16.8. The molecular weight excluding hydrogens is 749 g/mol. The molecule has 0 saturated carbocycles. The first-order chi connectivity index (χ1) is 30.7. The van der Waals surface area contributed by atoms with E-state index in [0.29, 0.717) is 0 Å². The van der Waals surface area contributed by atoms with Crippen LogP contribution in [0, 0.1) is 0 Å². The van der Waals surface area contributed by atoms with E-state index in [1.165, 1.54) is 99.9 Å². The Kier molecular flexibility index (Phi) is 8.81. The summed E-state index contributed by atoms with van der Waals surface area (Å²) in [5.41, 5.74) is 20.8. The Hall–Kier alpha value is -7.68. The SMILES string of the molecule is c1ccc(-c2ccc(N(c3cc4c5c(c3)CCc3cc(N(c6ccc(-c7ccccc7)cc6)c6ccc7ccccc7c6)cc(c3-5)CC4)c3ccc4ccccc4c3)cc2)cc1. The highest BCUT2D eigenvalue weighted by Crippen LogP contribution is 2.49. The van der Waals surface area contributed by atoms with Gasteiger partial charge in [0.15, 0.2) is 0 Å². The monoisotopic (exact) mass is 792 g/mol. The van der Waals surface area contributed by atoms with Gasteiger partial charge in [-0.1, -0.05) is 146 Å². The standard InChI is InChI=1S/C60H44N2/c1-3-11-41(12-4-1)45-23-29-53(30-24-45)61(55-33-27-43-15-7-9-17-47(43)35-55)57-37-49-19-21-51-39-58(40-52-22-20-50(38-57)59(49)60(51)52)62(56-34-28-44-16-8-10-18-48(44)36-56)54-31-25-46(26-32-54)42-13-5-2-6-14-42/h1-18,23-40H,19-22H2. The lowest BCUT2D eigenvalue weighted by Gasteiger charge is -2.34. The number of benzene rings is 10. The fraction of sp³-hybridized carbons (Fsp3) is 0.0667. The number of hydrogen-bond donors (Lipinski definition) is 0. The first kappa shape index (κ1) is 36.2. The maximum atomic E-state index is 2.49. The van der Waals surface area contributed by atoms with Gasteiger partial charge in [-0.15, -0.1) is 0 Å². The molecule has 0 fully saturated rings. The topological polar surface area (TPSA) is 6.48 Å². The van der Waals surface area contributed by atoms with Crippen LogP contribution in [0.1, 0.15) is 22.3 Å². The van der Waals surface area contributed by atoms with Crippen LogP contribution in [0.15, 0.2) is 218 Å². The van der Waals surface area contributed by atoms with Gasteiger partial charge in [-0.2, -0.15) is 0 Å². The van der Waals surface area contributed by atoms with Gasteiger partial charge in [-0.05, 0) is 176 Å². The van der Waals surface area contributed by atoms with Gasteiger partial charge >= 0.3 is 0 Å². The van der Waals surface area contributed by atoms with Crippen LogP contribution >= 0.6 is 0 Å². The summed E-state index contributed by atoms with van der Waals surface area (Å²) in [4.78, 5) is 4.94. The third-order valence-electron chi connectivity index (χ3n) is 13.1. The number of rotatable bonds is 8. The van der Waals surface area contributed by atoms with Gasteiger partial charge < -0.3 is 9.80 Å². The Morgan fingerprint density at radius 2 is 0.532 bits per heavy atom. The molecule has 12 rings (SSSR count). The molecule has 2 aliphatic carbocycles. The number of aryl methyl sites for hydroxylation is 4. The first-order valence-electron chi connectivity index (χ1n) is 21.9. The summed E-state index contributed by atoms with van der Waals surface area (Å²) in [5, 5.41) is 5.00. The molecule has 2 heteroatoms. The van der Waals surface area contributed by atoms with E-state index in [2.05, 4.69) is 228 Å². The van der Waals surface area contributed by atoms with Crippen molar-refractivity contribution in [2.75, 3.05) is 9.80 Å². The molecule has 10 aromatic rings. The first-order valence-corrected chi connectivity index (χ1v) is 21.9. The third-order valence-corrected chi connectivity index (χ3v) is 13.1. The molecule has 62 heavy (non-hydrogen) atoms. The average Bonchev–Trinajstić information content (AvgIpc) is 3.34. The van der Waals surface area contributed by atoms with Gasteiger partial charge in [0.2, 0.25) is 0 Å². The molecule has 0 heterocycles. The Balaban J connectivity index is 0.961. The zero-order valence-electron chi connectivity index (χ0n) is 34.5. The molecule has 0 atom stereocenters. The fourth-order valence-electron chi connectivity index (χ4n) is 10.1. The summed E-state index contributed by atoms with van der Waals surface area (Å²) in [6.45, 7) is 0. The van der Waals surface area contributed by atoms with Crippen LogP contribution in [0.4, 0.5) is 34.1 Å². The van der Waals surface area contributed by atoms with Crippen molar-refractivity contribution < 1.29 is 0 Å². The molecule has 0 N–H and O–H groups in total. The van der Waals surface area contributed by atoms with E-state index in [-0.39, 0.29) is 0 Å². The number of fused-ring (bicyclic) bond motifs is 2. The van der Waals surface area contributed by atoms with Crippen LogP contribution in [0.3, 0.4) is 0 Å². The molecule has 294 valence electrons. The summed E-state index contributed by atoms with van der Waals surface area (Å²) in [6, 6.07) is 80.6. The van der Waals surface area contributed by atoms with Crippen molar-refractivity contribution in [2.24, 2.45) is 0 Å². The number of nitrogens with zero attached hydrogens (tertiary/aromatic N) is 2. The zero-order chi connectivity index (χ0) is 41.0. The summed E-state index contributed by atoms with van der Waals surface area (Å²) < 4.78 is 0. The lowest BCUT2D eigenvalue weighted by atomic mass is 9.75. The molecule has 0 aromatic heterocycles. The minimum absolute atomic E-state index is 1.01. The van der Waals surface area contributed by atoms with E-state index in [0.717, 1.165) is 37.1 Å². The molecule has 10 aromatic carbocycles. The van der Waals surface area contributed by atoms with Crippen molar-refractivity contribution in [2.45, 2.75) is 25.7 Å². The van der Waals surface area contributed by atoms with E-state index >= 15 is 0 Å². The molecule has 0 radical (unpaired) electrons. The van der Waals surface area contributed by atoms with Crippen molar-refractivity contribution in [1.82, 2.24) is 0 Å². The molecule has 0 amide bonds. The largest absolute Gasteiger partial charge is 0.310 e. The van der Waals surface area contributed by atoms with Gasteiger partial charge in [0.25, 0.3) is 0 Å². The molecule has 0 saturated heterocycles. The second kappa shape index (κ2) is 15.1. The molecule has 2 nitrogen and oxygen atoms in total. The van der Waals surface area contributed by atoms with E-state index in [9.17, 15) is 0 Å². The molecule has 0 spiro atoms. The van der Waals surface area contributed by atoms with Gasteiger partial charge in [0, 0.05) is 34.1 Å². The van der Waals surface area contributed by atoms with E-state index in [1.54, 1.807) is 0 Å². The molecule has 0 unspecified atom stereocenters. The maximum Gasteiger partial charge on any atom is 0.0468 e. The Morgan fingerprint density at radius 1 is 0.226 bits per heavy atom. The van der Waals surface area contributed by atoms with Crippen molar-refractivity contribution in [3.8, 4) is 33.4 Å². The predicted molar refractivity (Wildman–Crippen MR) is 262 cm³/mol. The molecule has 0 aliphatic heterocycles. The maximum absolute atomic E-state index is 2.49. The molecule has 2 aliphatic rings. The van der Waals surface area contributed by atoms with Crippen molar-refractivity contribution in [3.05, 3.63) is 241 Å². The highest BCUT2D eigenvalue weighted by molar-refractivity contribution is 5.93. The van der Waals surface area contributed by atoms with Gasteiger partial charge in [-0.3, -0.25) is 0 Å². The summed E-state index contributed by atoms with van der Waals surface area (Å²) in [7, 11) is 0.